The number of nitrogens with one attached hydrogen (secondary N) is 2. The van der Waals surface area contributed by atoms with Gasteiger partial charge in [-0.2, -0.15) is 0 Å². The Bertz CT molecular complexity index is 516. The third-order valence-corrected chi connectivity index (χ3v) is 3.81. The van der Waals surface area contributed by atoms with Crippen LogP contribution in [-0.2, 0) is 16.0 Å². The van der Waals surface area contributed by atoms with E-state index >= 15 is 0 Å². The summed E-state index contributed by atoms with van der Waals surface area (Å²) in [6.45, 7) is 2.56. The standard InChI is InChI=1S/C16H22N2O3/c1-11(5-4-8-15(19)20)18-16(21)13-9-12-6-2-3-7-14(12)17-10-13/h2-3,6-7,11,13,17H,4-5,8-10H2,1H3,(H,18,21)(H,19,20). The number of carbonyl (C=O) groups is 2. The van der Waals surface area contributed by atoms with Crippen LogP contribution < -0.4 is 10.6 Å². The Kier molecular flexibility index (Phi) is 5.20. The minimum atomic E-state index is -0.790. The first-order valence-electron chi connectivity index (χ1n) is 7.40. The van der Waals surface area contributed by atoms with Crippen LogP contribution in [0, 0.1) is 5.92 Å². The van der Waals surface area contributed by atoms with E-state index in [9.17, 15) is 9.59 Å². The van der Waals surface area contributed by atoms with Crippen molar-refractivity contribution in [1.82, 2.24) is 5.32 Å². The van der Waals surface area contributed by atoms with Crippen molar-refractivity contribution in [2.45, 2.75) is 38.6 Å². The molecule has 1 aromatic carbocycles. The summed E-state index contributed by atoms with van der Waals surface area (Å²) in [7, 11) is 0. The van der Waals surface area contributed by atoms with Crippen LogP contribution in [0.1, 0.15) is 31.7 Å². The first-order valence-corrected chi connectivity index (χ1v) is 7.40. The number of aliphatic carboxylic acids is 1. The van der Waals surface area contributed by atoms with Crippen molar-refractivity contribution in [3.05, 3.63) is 29.8 Å². The molecule has 0 radical (unpaired) electrons. The zero-order valence-corrected chi connectivity index (χ0v) is 12.3. The third-order valence-electron chi connectivity index (χ3n) is 3.81. The van der Waals surface area contributed by atoms with Gasteiger partial charge >= 0.3 is 5.97 Å². The number of para-hydroxylation sites is 1. The predicted octanol–water partition coefficient (Wildman–Crippen LogP) is 2.03. The molecule has 1 aromatic rings. The largest absolute Gasteiger partial charge is 0.481 e. The summed E-state index contributed by atoms with van der Waals surface area (Å²) in [5, 5.41) is 14.9. The van der Waals surface area contributed by atoms with E-state index in [0.717, 1.165) is 12.1 Å². The Morgan fingerprint density at radius 3 is 2.95 bits per heavy atom. The average molecular weight is 290 g/mol. The van der Waals surface area contributed by atoms with E-state index in [0.29, 0.717) is 19.4 Å². The fraction of sp³-hybridized carbons (Fsp3) is 0.500. The molecule has 0 bridgehead atoms. The van der Waals surface area contributed by atoms with E-state index in [4.69, 9.17) is 5.11 Å². The molecule has 5 heteroatoms. The van der Waals surface area contributed by atoms with Gasteiger partial charge in [0.05, 0.1) is 5.92 Å². The maximum Gasteiger partial charge on any atom is 0.303 e. The van der Waals surface area contributed by atoms with E-state index in [1.54, 1.807) is 0 Å². The highest BCUT2D eigenvalue weighted by molar-refractivity contribution is 5.81. The van der Waals surface area contributed by atoms with Gasteiger partial charge in [0.25, 0.3) is 0 Å². The lowest BCUT2D eigenvalue weighted by molar-refractivity contribution is -0.137. The van der Waals surface area contributed by atoms with E-state index in [1.807, 2.05) is 31.2 Å². The summed E-state index contributed by atoms with van der Waals surface area (Å²) in [6, 6.07) is 8.04. The summed E-state index contributed by atoms with van der Waals surface area (Å²) in [5.41, 5.74) is 2.28. The number of fused-ring (bicyclic) bond motifs is 1. The predicted molar refractivity (Wildman–Crippen MR) is 81.2 cm³/mol. The molecule has 1 aliphatic rings. The molecule has 2 rings (SSSR count). The van der Waals surface area contributed by atoms with Crippen molar-refractivity contribution in [3.63, 3.8) is 0 Å². The lowest BCUT2D eigenvalue weighted by Gasteiger charge is -2.26. The van der Waals surface area contributed by atoms with Gasteiger partial charge in [0.15, 0.2) is 0 Å². The highest BCUT2D eigenvalue weighted by Crippen LogP contribution is 2.24. The van der Waals surface area contributed by atoms with Crippen molar-refractivity contribution >= 4 is 17.6 Å². The molecule has 1 heterocycles. The van der Waals surface area contributed by atoms with Gasteiger partial charge in [0, 0.05) is 24.7 Å². The smallest absolute Gasteiger partial charge is 0.303 e. The number of carbonyl (C=O) groups excluding carboxylic acids is 1. The Morgan fingerprint density at radius 2 is 2.19 bits per heavy atom. The number of hydrogen-bond donors (Lipinski definition) is 3. The lowest BCUT2D eigenvalue weighted by Crippen LogP contribution is -2.42. The number of hydrogen-bond acceptors (Lipinski definition) is 3. The fourth-order valence-electron chi connectivity index (χ4n) is 2.62. The third kappa shape index (κ3) is 4.48. The fourth-order valence-corrected chi connectivity index (χ4v) is 2.62. The van der Waals surface area contributed by atoms with Gasteiger partial charge in [-0.3, -0.25) is 9.59 Å². The molecular weight excluding hydrogens is 268 g/mol. The second-order valence-corrected chi connectivity index (χ2v) is 5.63. The van der Waals surface area contributed by atoms with Crippen LogP contribution in [0.15, 0.2) is 24.3 Å². The summed E-state index contributed by atoms with van der Waals surface area (Å²) >= 11 is 0. The number of anilines is 1. The molecule has 0 spiro atoms. The van der Waals surface area contributed by atoms with Crippen LogP contribution in [-0.4, -0.2) is 29.6 Å². The van der Waals surface area contributed by atoms with Crippen molar-refractivity contribution in [2.24, 2.45) is 5.92 Å². The Balaban J connectivity index is 1.80. The molecule has 1 aliphatic heterocycles. The van der Waals surface area contributed by atoms with E-state index < -0.39 is 5.97 Å². The van der Waals surface area contributed by atoms with Crippen LogP contribution in [0.5, 0.6) is 0 Å². The molecule has 1 amide bonds. The van der Waals surface area contributed by atoms with Crippen LogP contribution >= 0.6 is 0 Å². The highest BCUT2D eigenvalue weighted by Gasteiger charge is 2.24. The Hall–Kier alpha value is -2.04. The Labute approximate surface area is 124 Å². The van der Waals surface area contributed by atoms with Crippen LogP contribution in [0.3, 0.4) is 0 Å². The van der Waals surface area contributed by atoms with E-state index in [1.165, 1.54) is 5.56 Å². The van der Waals surface area contributed by atoms with Crippen molar-refractivity contribution in [1.29, 1.82) is 0 Å². The SMILES string of the molecule is CC(CCCC(=O)O)NC(=O)C1CNc2ccccc2C1. The molecule has 114 valence electrons. The molecule has 2 atom stereocenters. The number of carboxylic acid groups (broad SMARTS) is 1. The zero-order valence-electron chi connectivity index (χ0n) is 12.3. The zero-order chi connectivity index (χ0) is 15.2. The molecule has 3 N–H and O–H groups in total. The number of amides is 1. The average Bonchev–Trinajstić information content (AvgIpc) is 2.46. The van der Waals surface area contributed by atoms with Crippen LogP contribution in [0.4, 0.5) is 5.69 Å². The lowest BCUT2D eigenvalue weighted by atomic mass is 9.93. The maximum absolute atomic E-state index is 12.2. The maximum atomic E-state index is 12.2. The van der Waals surface area contributed by atoms with Crippen LogP contribution in [0.2, 0.25) is 0 Å². The van der Waals surface area contributed by atoms with Gasteiger partial charge < -0.3 is 15.7 Å². The molecule has 5 nitrogen and oxygen atoms in total. The summed E-state index contributed by atoms with van der Waals surface area (Å²) in [5.74, 6) is -0.816. The van der Waals surface area contributed by atoms with Crippen molar-refractivity contribution < 1.29 is 14.7 Å². The van der Waals surface area contributed by atoms with Gasteiger partial charge in [0.2, 0.25) is 5.91 Å². The minimum Gasteiger partial charge on any atom is -0.481 e. The minimum absolute atomic E-state index is 0.00835. The summed E-state index contributed by atoms with van der Waals surface area (Å²) in [6.07, 6.45) is 2.17. The highest BCUT2D eigenvalue weighted by atomic mass is 16.4. The van der Waals surface area contributed by atoms with Crippen LogP contribution in [0.25, 0.3) is 0 Å². The van der Waals surface area contributed by atoms with Gasteiger partial charge in [-0.25, -0.2) is 0 Å². The molecule has 0 aliphatic carbocycles. The number of carboxylic acids is 1. The quantitative estimate of drug-likeness (QED) is 0.749. The van der Waals surface area contributed by atoms with Gasteiger partial charge in [-0.15, -0.1) is 0 Å². The van der Waals surface area contributed by atoms with E-state index in [2.05, 4.69) is 10.6 Å². The molecule has 2 unspecified atom stereocenters. The second-order valence-electron chi connectivity index (χ2n) is 5.63. The first kappa shape index (κ1) is 15.4. The number of rotatable bonds is 6. The number of benzene rings is 1. The van der Waals surface area contributed by atoms with Gasteiger partial charge in [-0.05, 0) is 37.8 Å². The molecule has 0 saturated carbocycles. The normalized spacial score (nSPS) is 18.2. The Morgan fingerprint density at radius 1 is 1.43 bits per heavy atom. The van der Waals surface area contributed by atoms with E-state index in [-0.39, 0.29) is 24.3 Å². The molecule has 0 saturated heterocycles. The molecule has 21 heavy (non-hydrogen) atoms. The topological polar surface area (TPSA) is 78.4 Å². The van der Waals surface area contributed by atoms with Gasteiger partial charge in [-0.1, -0.05) is 18.2 Å². The second kappa shape index (κ2) is 7.11. The first-order chi connectivity index (χ1) is 10.1. The van der Waals surface area contributed by atoms with Crippen molar-refractivity contribution in [2.75, 3.05) is 11.9 Å². The summed E-state index contributed by atoms with van der Waals surface area (Å²) in [4.78, 5) is 22.7. The molecule has 0 aromatic heterocycles. The monoisotopic (exact) mass is 290 g/mol. The van der Waals surface area contributed by atoms with Gasteiger partial charge in [0.1, 0.15) is 0 Å². The molecular formula is C16H22N2O3. The van der Waals surface area contributed by atoms with Crippen molar-refractivity contribution in [3.8, 4) is 0 Å². The summed E-state index contributed by atoms with van der Waals surface area (Å²) < 4.78 is 0. The molecule has 0 fully saturated rings.